The third-order valence-corrected chi connectivity index (χ3v) is 3.87. The van der Waals surface area contributed by atoms with Gasteiger partial charge in [-0.1, -0.05) is 0 Å². The minimum atomic E-state index is -0.400. The maximum atomic E-state index is 12.8. The van der Waals surface area contributed by atoms with Crippen LogP contribution in [0.2, 0.25) is 0 Å². The minimum absolute atomic E-state index is 0.128. The zero-order chi connectivity index (χ0) is 15.4. The van der Waals surface area contributed by atoms with Gasteiger partial charge in [-0.3, -0.25) is 14.9 Å². The van der Waals surface area contributed by atoms with Crippen LogP contribution in [0.1, 0.15) is 23.2 Å². The number of thiocarbonyl (C=S) groups is 1. The maximum absolute atomic E-state index is 12.8. The van der Waals surface area contributed by atoms with Crippen LogP contribution in [-0.4, -0.2) is 34.9 Å². The van der Waals surface area contributed by atoms with Crippen LogP contribution in [-0.2, 0) is 4.79 Å². The molecule has 21 heavy (non-hydrogen) atoms. The Balaban J connectivity index is 1.89. The molecule has 0 aliphatic carbocycles. The Morgan fingerprint density at radius 3 is 2.33 bits per heavy atom. The molecule has 1 aliphatic rings. The predicted octanol–water partition coefficient (Wildman–Crippen LogP) is 1.04. The maximum Gasteiger partial charge on any atom is 0.257 e. The van der Waals surface area contributed by atoms with E-state index < -0.39 is 5.82 Å². The van der Waals surface area contributed by atoms with Crippen molar-refractivity contribution in [3.63, 3.8) is 0 Å². The molecule has 0 atom stereocenters. The number of nitrogens with zero attached hydrogens (tertiary/aromatic N) is 1. The van der Waals surface area contributed by atoms with Crippen LogP contribution < -0.4 is 11.1 Å². The van der Waals surface area contributed by atoms with Crippen molar-refractivity contribution in [2.75, 3.05) is 13.1 Å². The second-order valence-corrected chi connectivity index (χ2v) is 5.32. The summed E-state index contributed by atoms with van der Waals surface area (Å²) < 4.78 is 12.8. The summed E-state index contributed by atoms with van der Waals surface area (Å²) in [6.45, 7) is 1.16. The van der Waals surface area contributed by atoms with Gasteiger partial charge >= 0.3 is 0 Å². The number of likely N-dealkylation sites (tertiary alicyclic amines) is 1. The SMILES string of the molecule is NC(=O)C1CCN(C(=S)NC(=O)c2ccc(F)cc2)CC1. The molecule has 1 aromatic carbocycles. The molecule has 0 radical (unpaired) electrons. The molecule has 1 heterocycles. The molecule has 0 spiro atoms. The number of halogens is 1. The fraction of sp³-hybridized carbons (Fsp3) is 0.357. The highest BCUT2D eigenvalue weighted by Crippen LogP contribution is 2.16. The lowest BCUT2D eigenvalue weighted by atomic mass is 9.97. The van der Waals surface area contributed by atoms with Crippen molar-refractivity contribution in [2.45, 2.75) is 12.8 Å². The van der Waals surface area contributed by atoms with Crippen LogP contribution in [0, 0.1) is 11.7 Å². The molecule has 2 amide bonds. The molecule has 1 aliphatic heterocycles. The fourth-order valence-electron chi connectivity index (χ4n) is 2.22. The van der Waals surface area contributed by atoms with Crippen molar-refractivity contribution in [2.24, 2.45) is 11.7 Å². The number of carbonyl (C=O) groups is 2. The lowest BCUT2D eigenvalue weighted by molar-refractivity contribution is -0.122. The van der Waals surface area contributed by atoms with Gasteiger partial charge in [-0.2, -0.15) is 0 Å². The van der Waals surface area contributed by atoms with E-state index in [4.69, 9.17) is 18.0 Å². The van der Waals surface area contributed by atoms with E-state index in [2.05, 4.69) is 5.32 Å². The van der Waals surface area contributed by atoms with Crippen LogP contribution in [0.3, 0.4) is 0 Å². The normalized spacial score (nSPS) is 15.6. The quantitative estimate of drug-likeness (QED) is 0.800. The Bertz CT molecular complexity index is 554. The van der Waals surface area contributed by atoms with Crippen LogP contribution in [0.4, 0.5) is 4.39 Å². The van der Waals surface area contributed by atoms with E-state index in [1.807, 2.05) is 4.90 Å². The first kappa shape index (κ1) is 15.4. The summed E-state index contributed by atoms with van der Waals surface area (Å²) in [6.07, 6.45) is 1.25. The van der Waals surface area contributed by atoms with E-state index in [9.17, 15) is 14.0 Å². The first-order chi connectivity index (χ1) is 9.97. The third kappa shape index (κ3) is 3.98. The van der Waals surface area contributed by atoms with Crippen LogP contribution >= 0.6 is 12.2 Å². The summed E-state index contributed by atoms with van der Waals surface area (Å²) in [4.78, 5) is 24.9. The summed E-state index contributed by atoms with van der Waals surface area (Å²) in [6, 6.07) is 5.23. The Labute approximate surface area is 127 Å². The van der Waals surface area contributed by atoms with Crippen molar-refractivity contribution in [3.05, 3.63) is 35.6 Å². The lowest BCUT2D eigenvalue weighted by Crippen LogP contribution is -2.47. The van der Waals surface area contributed by atoms with E-state index >= 15 is 0 Å². The standard InChI is InChI=1S/C14H16FN3O2S/c15-11-3-1-10(2-4-11)13(20)17-14(21)18-7-5-9(6-8-18)12(16)19/h1-4,9H,5-8H2,(H2,16,19)(H,17,20,21). The van der Waals surface area contributed by atoms with Crippen molar-refractivity contribution in [1.82, 2.24) is 10.2 Å². The number of amides is 2. The van der Waals surface area contributed by atoms with E-state index in [0.717, 1.165) is 0 Å². The summed E-state index contributed by atoms with van der Waals surface area (Å²) in [5.74, 6) is -1.20. The number of nitrogens with two attached hydrogens (primary N) is 1. The van der Waals surface area contributed by atoms with Crippen molar-refractivity contribution < 1.29 is 14.0 Å². The summed E-state index contributed by atoms with van der Waals surface area (Å²) in [7, 11) is 0. The topological polar surface area (TPSA) is 75.4 Å². The number of benzene rings is 1. The molecule has 0 aromatic heterocycles. The Morgan fingerprint density at radius 2 is 1.81 bits per heavy atom. The van der Waals surface area contributed by atoms with Gasteiger partial charge in [-0.25, -0.2) is 4.39 Å². The summed E-state index contributed by atoms with van der Waals surface area (Å²) in [5, 5.41) is 2.92. The number of rotatable bonds is 2. The Hall–Kier alpha value is -2.02. The van der Waals surface area contributed by atoms with Crippen LogP contribution in [0.5, 0.6) is 0 Å². The number of primary amides is 1. The highest BCUT2D eigenvalue weighted by atomic mass is 32.1. The molecule has 7 heteroatoms. The van der Waals surface area contributed by atoms with Crippen molar-refractivity contribution in [1.29, 1.82) is 0 Å². The van der Waals surface area contributed by atoms with E-state index in [-0.39, 0.29) is 17.7 Å². The highest BCUT2D eigenvalue weighted by Gasteiger charge is 2.25. The van der Waals surface area contributed by atoms with Gasteiger partial charge in [0.15, 0.2) is 5.11 Å². The molecule has 3 N–H and O–H groups in total. The second-order valence-electron chi connectivity index (χ2n) is 4.93. The first-order valence-electron chi connectivity index (χ1n) is 6.62. The largest absolute Gasteiger partial charge is 0.369 e. The van der Waals surface area contributed by atoms with Crippen LogP contribution in [0.25, 0.3) is 0 Å². The van der Waals surface area contributed by atoms with Gasteiger partial charge < -0.3 is 10.6 Å². The van der Waals surface area contributed by atoms with E-state index in [1.54, 1.807) is 0 Å². The van der Waals surface area contributed by atoms with Crippen LogP contribution in [0.15, 0.2) is 24.3 Å². The fourth-order valence-corrected chi connectivity index (χ4v) is 2.49. The molecule has 5 nitrogen and oxygen atoms in total. The predicted molar refractivity (Wildman–Crippen MR) is 80.0 cm³/mol. The van der Waals surface area contributed by atoms with Gasteiger partial charge in [-0.15, -0.1) is 0 Å². The highest BCUT2D eigenvalue weighted by molar-refractivity contribution is 7.80. The second kappa shape index (κ2) is 6.62. The minimum Gasteiger partial charge on any atom is -0.369 e. The van der Waals surface area contributed by atoms with E-state index in [0.29, 0.717) is 36.6 Å². The molecule has 1 fully saturated rings. The number of carbonyl (C=O) groups excluding carboxylic acids is 2. The lowest BCUT2D eigenvalue weighted by Gasteiger charge is -2.32. The van der Waals surface area contributed by atoms with Gasteiger partial charge in [0.1, 0.15) is 5.82 Å². The zero-order valence-electron chi connectivity index (χ0n) is 11.3. The third-order valence-electron chi connectivity index (χ3n) is 3.51. The molecule has 2 rings (SSSR count). The molecule has 0 unspecified atom stereocenters. The summed E-state index contributed by atoms with van der Waals surface area (Å²) >= 11 is 5.18. The smallest absolute Gasteiger partial charge is 0.257 e. The number of hydrogen-bond acceptors (Lipinski definition) is 3. The zero-order valence-corrected chi connectivity index (χ0v) is 12.2. The molecule has 112 valence electrons. The molecular formula is C14H16FN3O2S. The molecule has 0 bridgehead atoms. The van der Waals surface area contributed by atoms with Gasteiger partial charge in [0, 0.05) is 24.6 Å². The molecule has 1 saturated heterocycles. The number of hydrogen-bond donors (Lipinski definition) is 2. The van der Waals surface area contributed by atoms with Gasteiger partial charge in [0.05, 0.1) is 0 Å². The number of piperidine rings is 1. The van der Waals surface area contributed by atoms with Gasteiger partial charge in [0.2, 0.25) is 5.91 Å². The Morgan fingerprint density at radius 1 is 1.24 bits per heavy atom. The average molecular weight is 309 g/mol. The average Bonchev–Trinajstić information content (AvgIpc) is 2.47. The Kier molecular flexibility index (Phi) is 4.85. The summed E-state index contributed by atoms with van der Waals surface area (Å²) in [5.41, 5.74) is 5.61. The van der Waals surface area contributed by atoms with Gasteiger partial charge in [0.25, 0.3) is 5.91 Å². The van der Waals surface area contributed by atoms with Crippen molar-refractivity contribution in [3.8, 4) is 0 Å². The molecular weight excluding hydrogens is 293 g/mol. The first-order valence-corrected chi connectivity index (χ1v) is 7.03. The molecule has 0 saturated carbocycles. The van der Waals surface area contributed by atoms with E-state index in [1.165, 1.54) is 24.3 Å². The molecule has 1 aromatic rings. The van der Waals surface area contributed by atoms with Gasteiger partial charge in [-0.05, 0) is 49.3 Å². The monoisotopic (exact) mass is 309 g/mol. The van der Waals surface area contributed by atoms with Crippen molar-refractivity contribution >= 4 is 29.1 Å². The number of nitrogens with one attached hydrogen (secondary N) is 1.